The molecule has 0 spiro atoms. The van der Waals surface area contributed by atoms with Crippen LogP contribution < -0.4 is 5.32 Å². The Bertz CT molecular complexity index is 394. The number of rotatable bonds is 1. The Morgan fingerprint density at radius 1 is 1.47 bits per heavy atom. The molecule has 0 aliphatic carbocycles. The normalized spacial score (nSPS) is 26.1. The molecule has 1 aromatic rings. The third-order valence-electron chi connectivity index (χ3n) is 2.68. The van der Waals surface area contributed by atoms with E-state index in [9.17, 15) is 4.79 Å². The molecule has 1 aromatic carbocycles. The Balaban J connectivity index is 2.29. The third-order valence-corrected chi connectivity index (χ3v) is 2.91. The van der Waals surface area contributed by atoms with Gasteiger partial charge in [0.1, 0.15) is 6.17 Å². The number of hydrogen-bond acceptors (Lipinski definition) is 2. The number of carbonyl (C=O) groups is 1. The highest BCUT2D eigenvalue weighted by Crippen LogP contribution is 2.25. The lowest BCUT2D eigenvalue weighted by Gasteiger charge is -2.19. The van der Waals surface area contributed by atoms with E-state index in [1.165, 1.54) is 0 Å². The maximum atomic E-state index is 11.6. The molecule has 1 aliphatic heterocycles. The minimum absolute atomic E-state index is 0.0637. The Kier molecular flexibility index (Phi) is 2.67. The molecule has 1 amide bonds. The van der Waals surface area contributed by atoms with Crippen molar-refractivity contribution in [1.82, 2.24) is 10.2 Å². The van der Waals surface area contributed by atoms with Crippen molar-refractivity contribution in [2.24, 2.45) is 0 Å². The summed E-state index contributed by atoms with van der Waals surface area (Å²) in [7, 11) is 1.80. The van der Waals surface area contributed by atoms with Crippen LogP contribution in [-0.4, -0.2) is 23.9 Å². The SMILES string of the molecule is CC1NC(c2cccc(Cl)c2)N(C)C1=O. The molecule has 0 radical (unpaired) electrons. The van der Waals surface area contributed by atoms with Crippen LogP contribution >= 0.6 is 11.6 Å². The predicted octanol–water partition coefficient (Wildman–Crippen LogP) is 1.79. The second-order valence-corrected chi connectivity index (χ2v) is 4.23. The molecule has 1 aliphatic rings. The highest BCUT2D eigenvalue weighted by Gasteiger charge is 2.34. The largest absolute Gasteiger partial charge is 0.325 e. The van der Waals surface area contributed by atoms with Gasteiger partial charge >= 0.3 is 0 Å². The molecule has 1 saturated heterocycles. The quantitative estimate of drug-likeness (QED) is 0.789. The van der Waals surface area contributed by atoms with Gasteiger partial charge in [-0.15, -0.1) is 0 Å². The van der Waals surface area contributed by atoms with E-state index in [0.717, 1.165) is 5.56 Å². The second-order valence-electron chi connectivity index (χ2n) is 3.80. The second kappa shape index (κ2) is 3.83. The average Bonchev–Trinajstić information content (AvgIpc) is 2.46. The Labute approximate surface area is 94.0 Å². The summed E-state index contributed by atoms with van der Waals surface area (Å²) in [5.41, 5.74) is 1.02. The van der Waals surface area contributed by atoms with E-state index in [1.807, 2.05) is 31.2 Å². The van der Waals surface area contributed by atoms with Crippen LogP contribution in [0.5, 0.6) is 0 Å². The average molecular weight is 225 g/mol. The van der Waals surface area contributed by atoms with Gasteiger partial charge in [0.05, 0.1) is 6.04 Å². The highest BCUT2D eigenvalue weighted by atomic mass is 35.5. The molecule has 1 heterocycles. The van der Waals surface area contributed by atoms with Gasteiger partial charge < -0.3 is 4.90 Å². The molecule has 0 bridgehead atoms. The molecular weight excluding hydrogens is 212 g/mol. The molecular formula is C11H13ClN2O. The third kappa shape index (κ3) is 1.85. The summed E-state index contributed by atoms with van der Waals surface area (Å²) in [4.78, 5) is 13.3. The zero-order valence-electron chi connectivity index (χ0n) is 8.70. The molecule has 0 aromatic heterocycles. The number of amides is 1. The van der Waals surface area contributed by atoms with E-state index >= 15 is 0 Å². The van der Waals surface area contributed by atoms with Gasteiger partial charge in [-0.25, -0.2) is 0 Å². The predicted molar refractivity (Wildman–Crippen MR) is 59.6 cm³/mol. The Morgan fingerprint density at radius 3 is 2.73 bits per heavy atom. The van der Waals surface area contributed by atoms with Crippen LogP contribution in [0.2, 0.25) is 5.02 Å². The van der Waals surface area contributed by atoms with Crippen LogP contribution in [-0.2, 0) is 4.79 Å². The molecule has 15 heavy (non-hydrogen) atoms. The van der Waals surface area contributed by atoms with Gasteiger partial charge in [0.15, 0.2) is 0 Å². The van der Waals surface area contributed by atoms with Crippen molar-refractivity contribution in [3.8, 4) is 0 Å². The zero-order valence-corrected chi connectivity index (χ0v) is 9.45. The first-order valence-electron chi connectivity index (χ1n) is 4.88. The van der Waals surface area contributed by atoms with Gasteiger partial charge in [-0.3, -0.25) is 10.1 Å². The maximum Gasteiger partial charge on any atom is 0.240 e. The smallest absolute Gasteiger partial charge is 0.240 e. The van der Waals surface area contributed by atoms with Crippen molar-refractivity contribution in [1.29, 1.82) is 0 Å². The maximum absolute atomic E-state index is 11.6. The van der Waals surface area contributed by atoms with Crippen LogP contribution in [0.3, 0.4) is 0 Å². The molecule has 80 valence electrons. The summed E-state index contributed by atoms with van der Waals surface area (Å²) in [5.74, 6) is 0.111. The number of nitrogens with one attached hydrogen (secondary N) is 1. The van der Waals surface area contributed by atoms with Gasteiger partial charge in [0.25, 0.3) is 0 Å². The number of halogens is 1. The number of likely N-dealkylation sites (N-methyl/N-ethyl adjacent to an activating group) is 1. The van der Waals surface area contributed by atoms with Crippen LogP contribution in [0.1, 0.15) is 18.7 Å². The van der Waals surface area contributed by atoms with Crippen molar-refractivity contribution in [2.45, 2.75) is 19.1 Å². The summed E-state index contributed by atoms with van der Waals surface area (Å²) in [5, 5.41) is 3.90. The lowest BCUT2D eigenvalue weighted by Crippen LogP contribution is -2.25. The summed E-state index contributed by atoms with van der Waals surface area (Å²) in [6.45, 7) is 1.86. The number of benzene rings is 1. The van der Waals surface area contributed by atoms with Crippen LogP contribution in [0.25, 0.3) is 0 Å². The van der Waals surface area contributed by atoms with Crippen molar-refractivity contribution in [3.63, 3.8) is 0 Å². The Morgan fingerprint density at radius 2 is 2.20 bits per heavy atom. The lowest BCUT2D eigenvalue weighted by molar-refractivity contribution is -0.128. The fourth-order valence-corrected chi connectivity index (χ4v) is 2.05. The minimum atomic E-state index is -0.126. The van der Waals surface area contributed by atoms with Gasteiger partial charge in [-0.2, -0.15) is 0 Å². The molecule has 4 heteroatoms. The Hall–Kier alpha value is -1.06. The zero-order chi connectivity index (χ0) is 11.0. The van der Waals surface area contributed by atoms with Crippen LogP contribution in [0.15, 0.2) is 24.3 Å². The van der Waals surface area contributed by atoms with Gasteiger partial charge in [-0.1, -0.05) is 23.7 Å². The van der Waals surface area contributed by atoms with Crippen molar-refractivity contribution in [3.05, 3.63) is 34.9 Å². The van der Waals surface area contributed by atoms with Crippen LogP contribution in [0.4, 0.5) is 0 Å². The molecule has 0 saturated carbocycles. The monoisotopic (exact) mass is 224 g/mol. The van der Waals surface area contributed by atoms with E-state index in [1.54, 1.807) is 11.9 Å². The summed E-state index contributed by atoms with van der Waals surface area (Å²) >= 11 is 5.91. The first kappa shape index (κ1) is 10.5. The first-order valence-corrected chi connectivity index (χ1v) is 5.25. The first-order chi connectivity index (χ1) is 7.09. The summed E-state index contributed by atoms with van der Waals surface area (Å²) in [6.07, 6.45) is -0.0637. The van der Waals surface area contributed by atoms with E-state index in [-0.39, 0.29) is 18.1 Å². The standard InChI is InChI=1S/C11H13ClN2O/c1-7-11(15)14(2)10(13-7)8-4-3-5-9(12)6-8/h3-7,10,13H,1-2H3. The molecule has 2 unspecified atom stereocenters. The number of carbonyl (C=O) groups excluding carboxylic acids is 1. The topological polar surface area (TPSA) is 32.3 Å². The van der Waals surface area contributed by atoms with E-state index in [4.69, 9.17) is 11.6 Å². The molecule has 1 fully saturated rings. The molecule has 2 rings (SSSR count). The van der Waals surface area contributed by atoms with Gasteiger partial charge in [0.2, 0.25) is 5.91 Å². The van der Waals surface area contributed by atoms with Crippen molar-refractivity contribution < 1.29 is 4.79 Å². The molecule has 2 atom stereocenters. The molecule has 3 nitrogen and oxygen atoms in total. The summed E-state index contributed by atoms with van der Waals surface area (Å²) in [6, 6.07) is 7.43. The lowest BCUT2D eigenvalue weighted by atomic mass is 10.2. The number of nitrogens with zero attached hydrogens (tertiary/aromatic N) is 1. The number of hydrogen-bond donors (Lipinski definition) is 1. The van der Waals surface area contributed by atoms with E-state index in [0.29, 0.717) is 5.02 Å². The van der Waals surface area contributed by atoms with Gasteiger partial charge in [0, 0.05) is 12.1 Å². The fraction of sp³-hybridized carbons (Fsp3) is 0.364. The highest BCUT2D eigenvalue weighted by molar-refractivity contribution is 6.30. The van der Waals surface area contributed by atoms with Crippen molar-refractivity contribution in [2.75, 3.05) is 7.05 Å². The fourth-order valence-electron chi connectivity index (χ4n) is 1.85. The van der Waals surface area contributed by atoms with E-state index < -0.39 is 0 Å². The van der Waals surface area contributed by atoms with Crippen molar-refractivity contribution >= 4 is 17.5 Å². The van der Waals surface area contributed by atoms with Crippen LogP contribution in [0, 0.1) is 0 Å². The summed E-state index contributed by atoms with van der Waals surface area (Å²) < 4.78 is 0. The van der Waals surface area contributed by atoms with E-state index in [2.05, 4.69) is 5.32 Å². The minimum Gasteiger partial charge on any atom is -0.325 e. The van der Waals surface area contributed by atoms with Gasteiger partial charge in [-0.05, 0) is 24.6 Å². The molecule has 1 N–H and O–H groups in total.